The van der Waals surface area contributed by atoms with Crippen LogP contribution in [0.1, 0.15) is 34.3 Å². The van der Waals surface area contributed by atoms with E-state index in [1.807, 2.05) is 0 Å². The molecule has 3 N–H and O–H groups in total. The molecule has 0 unspecified atom stereocenters. The van der Waals surface area contributed by atoms with Crippen molar-refractivity contribution in [2.75, 3.05) is 20.2 Å². The molecule has 6 nitrogen and oxygen atoms in total. The largest absolute Gasteiger partial charge is 0.504 e. The lowest BCUT2D eigenvalue weighted by Crippen LogP contribution is -2.18. The molecule has 5 rings (SSSR count). The SMILES string of the molecule is COc1cc(-c2cc3cc(CN4CCCC4)ccc3[nH]2)c2c(c1O)CNC2=O. The molecule has 2 aliphatic heterocycles. The number of phenols is 1. The van der Waals surface area contributed by atoms with E-state index in [2.05, 4.69) is 39.5 Å². The van der Waals surface area contributed by atoms with Crippen molar-refractivity contribution in [2.45, 2.75) is 25.9 Å². The summed E-state index contributed by atoms with van der Waals surface area (Å²) < 4.78 is 5.33. The Kier molecular flexibility index (Phi) is 4.02. The smallest absolute Gasteiger partial charge is 0.252 e. The highest BCUT2D eigenvalue weighted by atomic mass is 16.5. The van der Waals surface area contributed by atoms with Crippen LogP contribution in [0, 0.1) is 0 Å². The van der Waals surface area contributed by atoms with Gasteiger partial charge >= 0.3 is 0 Å². The number of phenolic OH excluding ortho intramolecular Hbond substituents is 1. The highest BCUT2D eigenvalue weighted by Gasteiger charge is 2.29. The summed E-state index contributed by atoms with van der Waals surface area (Å²) in [5.41, 5.74) is 5.03. The number of H-pyrrole nitrogens is 1. The Morgan fingerprint density at radius 2 is 2.00 bits per heavy atom. The van der Waals surface area contributed by atoms with E-state index in [0.717, 1.165) is 28.7 Å². The van der Waals surface area contributed by atoms with Gasteiger partial charge in [0.15, 0.2) is 11.5 Å². The summed E-state index contributed by atoms with van der Waals surface area (Å²) in [4.78, 5) is 18.3. The van der Waals surface area contributed by atoms with E-state index in [0.29, 0.717) is 23.4 Å². The molecule has 3 heterocycles. The maximum Gasteiger partial charge on any atom is 0.252 e. The van der Waals surface area contributed by atoms with Crippen molar-refractivity contribution >= 4 is 16.8 Å². The normalized spacial score (nSPS) is 16.5. The highest BCUT2D eigenvalue weighted by molar-refractivity contribution is 6.06. The van der Waals surface area contributed by atoms with Gasteiger partial charge < -0.3 is 20.1 Å². The lowest BCUT2D eigenvalue weighted by Gasteiger charge is -2.14. The fraction of sp³-hybridized carbons (Fsp3) is 0.318. The fourth-order valence-electron chi connectivity index (χ4n) is 4.38. The third-order valence-corrected chi connectivity index (χ3v) is 5.82. The molecule has 1 amide bonds. The van der Waals surface area contributed by atoms with E-state index in [1.165, 1.54) is 38.6 Å². The third-order valence-electron chi connectivity index (χ3n) is 5.82. The summed E-state index contributed by atoms with van der Waals surface area (Å²) in [5, 5.41) is 14.3. The number of nitrogens with one attached hydrogen (secondary N) is 2. The van der Waals surface area contributed by atoms with Crippen LogP contribution in [-0.4, -0.2) is 41.1 Å². The number of benzene rings is 2. The van der Waals surface area contributed by atoms with Crippen molar-refractivity contribution in [1.82, 2.24) is 15.2 Å². The van der Waals surface area contributed by atoms with Gasteiger partial charge in [-0.25, -0.2) is 0 Å². The van der Waals surface area contributed by atoms with E-state index >= 15 is 0 Å². The molecule has 1 aromatic heterocycles. The fourth-order valence-corrected chi connectivity index (χ4v) is 4.38. The zero-order valence-electron chi connectivity index (χ0n) is 15.8. The lowest BCUT2D eigenvalue weighted by molar-refractivity contribution is 0.0966. The van der Waals surface area contributed by atoms with Gasteiger partial charge in [0.25, 0.3) is 5.91 Å². The molecule has 0 saturated carbocycles. The van der Waals surface area contributed by atoms with Crippen LogP contribution in [0.4, 0.5) is 0 Å². The topological polar surface area (TPSA) is 77.6 Å². The van der Waals surface area contributed by atoms with Gasteiger partial charge in [0.2, 0.25) is 0 Å². The zero-order valence-corrected chi connectivity index (χ0v) is 15.8. The van der Waals surface area contributed by atoms with Crippen LogP contribution in [0.2, 0.25) is 0 Å². The minimum atomic E-state index is -0.170. The van der Waals surface area contributed by atoms with E-state index in [-0.39, 0.29) is 11.7 Å². The average Bonchev–Trinajstić information content (AvgIpc) is 3.42. The highest BCUT2D eigenvalue weighted by Crippen LogP contribution is 2.41. The minimum Gasteiger partial charge on any atom is -0.504 e. The maximum absolute atomic E-state index is 12.4. The number of hydrogen-bond acceptors (Lipinski definition) is 4. The van der Waals surface area contributed by atoms with Crippen LogP contribution in [-0.2, 0) is 13.1 Å². The Labute approximate surface area is 163 Å². The summed E-state index contributed by atoms with van der Waals surface area (Å²) in [7, 11) is 1.52. The molecule has 0 radical (unpaired) electrons. The van der Waals surface area contributed by atoms with E-state index < -0.39 is 0 Å². The van der Waals surface area contributed by atoms with Gasteiger partial charge in [-0.15, -0.1) is 0 Å². The quantitative estimate of drug-likeness (QED) is 0.651. The molecular weight excluding hydrogens is 354 g/mol. The van der Waals surface area contributed by atoms with Crippen LogP contribution < -0.4 is 10.1 Å². The number of rotatable bonds is 4. The number of hydrogen-bond donors (Lipinski definition) is 3. The lowest BCUT2D eigenvalue weighted by atomic mass is 9.98. The number of fused-ring (bicyclic) bond motifs is 2. The van der Waals surface area contributed by atoms with E-state index in [9.17, 15) is 9.90 Å². The predicted molar refractivity (Wildman–Crippen MR) is 108 cm³/mol. The Morgan fingerprint density at radius 3 is 2.79 bits per heavy atom. The molecule has 0 aliphatic carbocycles. The zero-order chi connectivity index (χ0) is 19.3. The van der Waals surface area contributed by atoms with Gasteiger partial charge in [0.05, 0.1) is 12.7 Å². The van der Waals surface area contributed by atoms with Gasteiger partial charge in [-0.1, -0.05) is 6.07 Å². The van der Waals surface area contributed by atoms with Gasteiger partial charge in [-0.2, -0.15) is 0 Å². The third kappa shape index (κ3) is 2.72. The molecule has 1 fully saturated rings. The van der Waals surface area contributed by atoms with E-state index in [4.69, 9.17) is 4.74 Å². The van der Waals surface area contributed by atoms with Crippen LogP contribution in [0.3, 0.4) is 0 Å². The number of nitrogens with zero attached hydrogens (tertiary/aromatic N) is 1. The molecule has 2 aromatic carbocycles. The number of aromatic nitrogens is 1. The van der Waals surface area contributed by atoms with Crippen molar-refractivity contribution in [3.05, 3.63) is 47.0 Å². The Bertz CT molecular complexity index is 1080. The van der Waals surface area contributed by atoms with Crippen molar-refractivity contribution in [3.8, 4) is 22.8 Å². The summed E-state index contributed by atoms with van der Waals surface area (Å²) in [5.74, 6) is 0.235. The first-order chi connectivity index (χ1) is 13.6. The summed E-state index contributed by atoms with van der Waals surface area (Å²) in [6.45, 7) is 3.63. The molecule has 0 spiro atoms. The van der Waals surface area contributed by atoms with Crippen molar-refractivity contribution < 1.29 is 14.6 Å². The van der Waals surface area contributed by atoms with Crippen molar-refractivity contribution in [3.63, 3.8) is 0 Å². The molecule has 6 heteroatoms. The van der Waals surface area contributed by atoms with Gasteiger partial charge in [0, 0.05) is 40.8 Å². The summed E-state index contributed by atoms with van der Waals surface area (Å²) in [6.07, 6.45) is 2.57. The average molecular weight is 377 g/mol. The second-order valence-corrected chi connectivity index (χ2v) is 7.60. The van der Waals surface area contributed by atoms with Gasteiger partial charge in [0.1, 0.15) is 0 Å². The first-order valence-corrected chi connectivity index (χ1v) is 9.69. The first-order valence-electron chi connectivity index (χ1n) is 9.69. The Hall–Kier alpha value is -2.99. The first kappa shape index (κ1) is 17.1. The number of carbonyl (C=O) groups excluding carboxylic acids is 1. The molecular formula is C22H23N3O3. The van der Waals surface area contributed by atoms with Crippen LogP contribution in [0.25, 0.3) is 22.2 Å². The monoisotopic (exact) mass is 377 g/mol. The number of amides is 1. The van der Waals surface area contributed by atoms with Crippen LogP contribution in [0.15, 0.2) is 30.3 Å². The molecule has 144 valence electrons. The molecule has 0 atom stereocenters. The van der Waals surface area contributed by atoms with Crippen LogP contribution >= 0.6 is 0 Å². The second-order valence-electron chi connectivity index (χ2n) is 7.60. The Balaban J connectivity index is 1.58. The van der Waals surface area contributed by atoms with Crippen LogP contribution in [0.5, 0.6) is 11.5 Å². The Morgan fingerprint density at radius 1 is 1.18 bits per heavy atom. The summed E-state index contributed by atoms with van der Waals surface area (Å²) in [6, 6.07) is 10.3. The van der Waals surface area contributed by atoms with Gasteiger partial charge in [-0.05, 0) is 55.8 Å². The standard InChI is InChI=1S/C22H23N3O3/c1-28-19-10-15(20-16(21(19)26)11-23-22(20)27)18-9-14-8-13(4-5-17(14)24-18)12-25-6-2-3-7-25/h4-5,8-10,24,26H,2-3,6-7,11-12H2,1H3,(H,23,27). The van der Waals surface area contributed by atoms with E-state index in [1.54, 1.807) is 6.07 Å². The van der Waals surface area contributed by atoms with Gasteiger partial charge in [-0.3, -0.25) is 9.69 Å². The van der Waals surface area contributed by atoms with Crippen molar-refractivity contribution in [2.24, 2.45) is 0 Å². The number of aromatic hydroxyl groups is 1. The number of methoxy groups -OCH3 is 1. The number of carbonyl (C=O) groups is 1. The molecule has 1 saturated heterocycles. The summed E-state index contributed by atoms with van der Waals surface area (Å²) >= 11 is 0. The molecule has 28 heavy (non-hydrogen) atoms. The predicted octanol–water partition coefficient (Wildman–Crippen LogP) is 3.39. The number of likely N-dealkylation sites (tertiary alicyclic amines) is 1. The second kappa shape index (κ2) is 6.56. The maximum atomic E-state index is 12.4. The van der Waals surface area contributed by atoms with Crippen molar-refractivity contribution in [1.29, 1.82) is 0 Å². The molecule has 0 bridgehead atoms. The number of ether oxygens (including phenoxy) is 1. The minimum absolute atomic E-state index is 0.0311. The molecule has 2 aliphatic rings. The molecule has 3 aromatic rings. The number of aromatic amines is 1.